The highest BCUT2D eigenvalue weighted by molar-refractivity contribution is 7.89. The summed E-state index contributed by atoms with van der Waals surface area (Å²) in [5.74, 6) is 0.784. The molecule has 8 atom stereocenters. The van der Waals surface area contributed by atoms with E-state index in [4.69, 9.17) is 0 Å². The molecule has 0 unspecified atom stereocenters. The van der Waals surface area contributed by atoms with E-state index in [-0.39, 0.29) is 33.2 Å². The maximum absolute atomic E-state index is 13.3. The van der Waals surface area contributed by atoms with Crippen LogP contribution in [0.4, 0.5) is 0 Å². The van der Waals surface area contributed by atoms with Gasteiger partial charge in [-0.2, -0.15) is 0 Å². The van der Waals surface area contributed by atoms with Gasteiger partial charge in [0.15, 0.2) is 0 Å². The Bertz CT molecular complexity index is 1030. The van der Waals surface area contributed by atoms with Crippen molar-refractivity contribution < 1.29 is 27.0 Å². The number of hydrogen-bond donors (Lipinski definition) is 4. The van der Waals surface area contributed by atoms with E-state index in [1.807, 2.05) is 0 Å². The molecule has 4 bridgehead atoms. The van der Waals surface area contributed by atoms with Gasteiger partial charge in [-0.15, -0.1) is 0 Å². The van der Waals surface area contributed by atoms with Gasteiger partial charge in [-0.05, 0) is 86.9 Å². The third-order valence-electron chi connectivity index (χ3n) is 12.8. The lowest BCUT2D eigenvalue weighted by Gasteiger charge is -2.41. The summed E-state index contributed by atoms with van der Waals surface area (Å²) in [5, 5.41) is 21.6. The fourth-order valence-electron chi connectivity index (χ4n) is 9.90. The first-order chi connectivity index (χ1) is 17.6. The van der Waals surface area contributed by atoms with Crippen molar-refractivity contribution in [2.24, 2.45) is 33.5 Å². The highest BCUT2D eigenvalue weighted by Gasteiger charge is 2.64. The van der Waals surface area contributed by atoms with Gasteiger partial charge in [-0.25, -0.2) is 26.3 Å². The molecule has 5 rings (SSSR count). The quantitative estimate of drug-likeness (QED) is 0.317. The molecular weight excluding hydrogens is 524 g/mol. The zero-order valence-electron chi connectivity index (χ0n) is 23.7. The molecule has 220 valence electrons. The predicted octanol–water partition coefficient (Wildman–Crippen LogP) is 3.29. The molecule has 5 aliphatic carbocycles. The van der Waals surface area contributed by atoms with Crippen molar-refractivity contribution >= 4 is 20.0 Å². The third kappa shape index (κ3) is 4.61. The number of aliphatic hydroxyl groups excluding tert-OH is 2. The van der Waals surface area contributed by atoms with E-state index in [2.05, 4.69) is 37.1 Å². The first-order valence-corrected chi connectivity index (χ1v) is 18.2. The zero-order valence-corrected chi connectivity index (χ0v) is 25.3. The van der Waals surface area contributed by atoms with Crippen molar-refractivity contribution in [3.8, 4) is 0 Å². The fourth-order valence-corrected chi connectivity index (χ4v) is 12.9. The van der Waals surface area contributed by atoms with Crippen LogP contribution in [0.15, 0.2) is 0 Å². The fraction of sp³-hybridized carbons (Fsp3) is 1.00. The molecule has 38 heavy (non-hydrogen) atoms. The topological polar surface area (TPSA) is 133 Å². The molecule has 0 heterocycles. The number of sulfonamides is 2. The predicted molar refractivity (Wildman–Crippen MR) is 148 cm³/mol. The van der Waals surface area contributed by atoms with Gasteiger partial charge in [-0.3, -0.25) is 0 Å². The van der Waals surface area contributed by atoms with Crippen LogP contribution in [0.5, 0.6) is 0 Å². The van der Waals surface area contributed by atoms with Crippen molar-refractivity contribution in [3.63, 3.8) is 0 Å². The SMILES string of the molecule is CC1(C)[C@H]2CC[C@@]1(CCS(=O)(=O)N[C@@H]1CCCC[C@H]1NS(=O)(=O)CC[C@]13CC[C@@H](C[C@H]1O)C3(C)C)[C@H](O)C2. The molecule has 10 heteroatoms. The van der Waals surface area contributed by atoms with Crippen molar-refractivity contribution in [2.75, 3.05) is 11.5 Å². The van der Waals surface area contributed by atoms with Crippen LogP contribution < -0.4 is 9.44 Å². The second-order valence-electron chi connectivity index (χ2n) is 14.6. The third-order valence-corrected chi connectivity index (χ3v) is 15.6. The largest absolute Gasteiger partial charge is 0.393 e. The van der Waals surface area contributed by atoms with E-state index < -0.39 is 44.3 Å². The van der Waals surface area contributed by atoms with E-state index in [0.29, 0.717) is 37.5 Å². The van der Waals surface area contributed by atoms with E-state index >= 15 is 0 Å². The monoisotopic (exact) mass is 574 g/mol. The second kappa shape index (κ2) is 9.65. The number of fused-ring (bicyclic) bond motifs is 4. The van der Waals surface area contributed by atoms with Gasteiger partial charge in [0.2, 0.25) is 20.0 Å². The number of rotatable bonds is 10. The minimum absolute atomic E-state index is 0.0488. The number of nitrogens with one attached hydrogen (secondary N) is 2. The lowest BCUT2D eigenvalue weighted by molar-refractivity contribution is -0.00585. The summed E-state index contributed by atoms with van der Waals surface area (Å²) in [6.45, 7) is 8.68. The first-order valence-electron chi connectivity index (χ1n) is 14.9. The molecule has 0 radical (unpaired) electrons. The van der Waals surface area contributed by atoms with Crippen LogP contribution in [-0.4, -0.2) is 62.8 Å². The summed E-state index contributed by atoms with van der Waals surface area (Å²) in [6.07, 6.45) is 8.16. The lowest BCUT2D eigenvalue weighted by Crippen LogP contribution is -2.54. The molecule has 8 nitrogen and oxygen atoms in total. The Kier molecular flexibility index (Phi) is 7.42. The van der Waals surface area contributed by atoms with Crippen molar-refractivity contribution in [3.05, 3.63) is 0 Å². The lowest BCUT2D eigenvalue weighted by atomic mass is 9.67. The summed E-state index contributed by atoms with van der Waals surface area (Å²) >= 11 is 0. The standard InChI is InChI=1S/C28H50N2O6S2/c1-25(2)19-9-11-27(25,23(31)17-19)13-15-37(33,34)29-21-7-5-6-8-22(21)30-38(35,36)16-14-28-12-10-20(18-24(28)32)26(28,3)4/h19-24,29-32H,5-18H2,1-4H3/t19-,20-,21+,22+,23+,24+,27+,28+/m0/s1. The normalized spacial score (nSPS) is 43.6. The molecule has 0 aliphatic heterocycles. The average Bonchev–Trinajstić information content (AvgIpc) is 3.36. The highest BCUT2D eigenvalue weighted by atomic mass is 32.2. The summed E-state index contributed by atoms with van der Waals surface area (Å²) in [4.78, 5) is 0. The van der Waals surface area contributed by atoms with Gasteiger partial charge in [0.25, 0.3) is 0 Å². The number of aliphatic hydroxyl groups is 2. The molecule has 0 aromatic carbocycles. The zero-order chi connectivity index (χ0) is 27.8. The van der Waals surface area contributed by atoms with Crippen LogP contribution in [0, 0.1) is 33.5 Å². The van der Waals surface area contributed by atoms with Crippen LogP contribution in [0.1, 0.15) is 105 Å². The maximum Gasteiger partial charge on any atom is 0.211 e. The molecule has 5 fully saturated rings. The van der Waals surface area contributed by atoms with Crippen molar-refractivity contribution in [1.29, 1.82) is 0 Å². The minimum Gasteiger partial charge on any atom is -0.393 e. The molecule has 0 saturated heterocycles. The van der Waals surface area contributed by atoms with E-state index in [9.17, 15) is 27.0 Å². The van der Waals surface area contributed by atoms with Gasteiger partial charge in [0.05, 0.1) is 23.7 Å². The molecule has 0 spiro atoms. The van der Waals surface area contributed by atoms with Gasteiger partial charge in [0.1, 0.15) is 0 Å². The smallest absolute Gasteiger partial charge is 0.211 e. The van der Waals surface area contributed by atoms with E-state index in [0.717, 1.165) is 51.4 Å². The van der Waals surface area contributed by atoms with E-state index in [1.54, 1.807) is 0 Å². The Morgan fingerprint density at radius 2 is 1.03 bits per heavy atom. The van der Waals surface area contributed by atoms with Gasteiger partial charge in [-0.1, -0.05) is 40.5 Å². The molecule has 4 N–H and O–H groups in total. The summed E-state index contributed by atoms with van der Waals surface area (Å²) in [6, 6.07) is -0.942. The summed E-state index contributed by atoms with van der Waals surface area (Å²) < 4.78 is 58.7. The summed E-state index contributed by atoms with van der Waals surface area (Å²) in [7, 11) is -7.29. The Morgan fingerprint density at radius 1 is 0.658 bits per heavy atom. The molecule has 0 aromatic heterocycles. The maximum atomic E-state index is 13.3. The van der Waals surface area contributed by atoms with Gasteiger partial charge in [0, 0.05) is 22.9 Å². The minimum atomic E-state index is -3.65. The van der Waals surface area contributed by atoms with Crippen LogP contribution in [0.3, 0.4) is 0 Å². The van der Waals surface area contributed by atoms with Crippen molar-refractivity contribution in [1.82, 2.24) is 9.44 Å². The van der Waals surface area contributed by atoms with Crippen LogP contribution >= 0.6 is 0 Å². The number of hydrogen-bond acceptors (Lipinski definition) is 6. The molecule has 0 aromatic rings. The Hall–Kier alpha value is -0.260. The average molecular weight is 575 g/mol. The Labute approximate surface area is 230 Å². The van der Waals surface area contributed by atoms with Gasteiger partial charge >= 0.3 is 0 Å². The van der Waals surface area contributed by atoms with Crippen LogP contribution in [0.25, 0.3) is 0 Å². The van der Waals surface area contributed by atoms with Crippen LogP contribution in [-0.2, 0) is 20.0 Å². The molecule has 5 saturated carbocycles. The van der Waals surface area contributed by atoms with E-state index in [1.165, 1.54) is 0 Å². The first kappa shape index (κ1) is 29.2. The Balaban J connectivity index is 1.21. The van der Waals surface area contributed by atoms with Crippen LogP contribution in [0.2, 0.25) is 0 Å². The molecule has 5 aliphatic rings. The molecule has 0 amide bonds. The Morgan fingerprint density at radius 3 is 1.32 bits per heavy atom. The highest BCUT2D eigenvalue weighted by Crippen LogP contribution is 2.68. The second-order valence-corrected chi connectivity index (χ2v) is 18.3. The van der Waals surface area contributed by atoms with Crippen molar-refractivity contribution in [2.45, 2.75) is 129 Å². The summed E-state index contributed by atoms with van der Waals surface area (Å²) in [5.41, 5.74) is -0.884. The van der Waals surface area contributed by atoms with Gasteiger partial charge < -0.3 is 10.2 Å². The molecular formula is C28H50N2O6S2.